The highest BCUT2D eigenvalue weighted by atomic mass is 16.5. The van der Waals surface area contributed by atoms with Gasteiger partial charge in [-0.1, -0.05) is 0 Å². The van der Waals surface area contributed by atoms with Gasteiger partial charge in [0.05, 0.1) is 18.8 Å². The lowest BCUT2D eigenvalue weighted by Gasteiger charge is -2.34. The topological polar surface area (TPSA) is 64.6 Å². The van der Waals surface area contributed by atoms with E-state index in [1.54, 1.807) is 0 Å². The summed E-state index contributed by atoms with van der Waals surface area (Å²) in [7, 11) is 1.30. The predicted molar refractivity (Wildman–Crippen MR) is 60.7 cm³/mol. The minimum atomic E-state index is -0.540. The van der Waals surface area contributed by atoms with Crippen LogP contribution in [-0.4, -0.2) is 37.2 Å². The van der Waals surface area contributed by atoms with Crippen LogP contribution in [0.25, 0.3) is 0 Å². The van der Waals surface area contributed by atoms with Crippen molar-refractivity contribution in [2.75, 3.05) is 13.7 Å². The molecule has 1 aliphatic heterocycles. The Balaban J connectivity index is 1.99. The molecule has 1 aliphatic carbocycles. The number of methoxy groups -OCH3 is 1. The summed E-state index contributed by atoms with van der Waals surface area (Å²) in [5.41, 5.74) is 0.00835. The number of carbonyl (C=O) groups excluding carboxylic acids is 2. The Morgan fingerprint density at radius 3 is 2.71 bits per heavy atom. The lowest BCUT2D eigenvalue weighted by molar-refractivity contribution is -0.122. The fourth-order valence-electron chi connectivity index (χ4n) is 2.58. The Morgan fingerprint density at radius 1 is 1.47 bits per heavy atom. The molecule has 0 aromatic rings. The van der Waals surface area contributed by atoms with Crippen LogP contribution in [0, 0.1) is 5.92 Å². The molecular formula is C12H19NO4. The second-order valence-electron chi connectivity index (χ2n) is 5.01. The molecule has 0 radical (unpaired) electrons. The number of Topliss-reactive ketones (excluding diaryl/α,β-unsaturated/α-hetero) is 1. The van der Waals surface area contributed by atoms with Crippen LogP contribution in [0.5, 0.6) is 0 Å². The zero-order valence-corrected chi connectivity index (χ0v) is 10.3. The van der Waals surface area contributed by atoms with Gasteiger partial charge in [-0.3, -0.25) is 4.79 Å². The molecule has 0 aromatic heterocycles. The molecule has 5 nitrogen and oxygen atoms in total. The Kier molecular flexibility index (Phi) is 3.38. The van der Waals surface area contributed by atoms with Crippen molar-refractivity contribution in [1.82, 2.24) is 5.32 Å². The molecule has 1 spiro atoms. The highest BCUT2D eigenvalue weighted by Crippen LogP contribution is 2.48. The first-order valence-electron chi connectivity index (χ1n) is 6.05. The smallest absolute Gasteiger partial charge is 0.407 e. The zero-order valence-electron chi connectivity index (χ0n) is 10.3. The first-order valence-corrected chi connectivity index (χ1v) is 6.05. The zero-order chi connectivity index (χ0) is 12.5. The number of hydrogen-bond acceptors (Lipinski definition) is 4. The molecule has 0 bridgehead atoms. The van der Waals surface area contributed by atoms with E-state index in [0.717, 1.165) is 25.7 Å². The molecule has 2 rings (SSSR count). The number of ketones is 1. The quantitative estimate of drug-likeness (QED) is 0.808. The van der Waals surface area contributed by atoms with Gasteiger partial charge in [-0.25, -0.2) is 4.79 Å². The number of hydrogen-bond donors (Lipinski definition) is 1. The van der Waals surface area contributed by atoms with E-state index in [0.29, 0.717) is 6.61 Å². The molecule has 5 heteroatoms. The van der Waals surface area contributed by atoms with Gasteiger partial charge < -0.3 is 14.8 Å². The van der Waals surface area contributed by atoms with Gasteiger partial charge in [0, 0.05) is 6.61 Å². The summed E-state index contributed by atoms with van der Waals surface area (Å²) in [6.45, 7) is 2.19. The number of amides is 1. The van der Waals surface area contributed by atoms with Crippen molar-refractivity contribution < 1.29 is 19.1 Å². The van der Waals surface area contributed by atoms with Crippen LogP contribution in [0.1, 0.15) is 32.6 Å². The van der Waals surface area contributed by atoms with Gasteiger partial charge in [0.15, 0.2) is 5.78 Å². The van der Waals surface area contributed by atoms with Crippen molar-refractivity contribution in [3.63, 3.8) is 0 Å². The molecule has 1 heterocycles. The Bertz CT molecular complexity index is 324. The van der Waals surface area contributed by atoms with Crippen LogP contribution in [0.15, 0.2) is 0 Å². The van der Waals surface area contributed by atoms with Gasteiger partial charge in [-0.05, 0) is 38.5 Å². The third-order valence-corrected chi connectivity index (χ3v) is 3.71. The highest BCUT2D eigenvalue weighted by Gasteiger charge is 2.49. The van der Waals surface area contributed by atoms with E-state index in [1.165, 1.54) is 14.0 Å². The normalized spacial score (nSPS) is 27.3. The maximum Gasteiger partial charge on any atom is 0.407 e. The first-order chi connectivity index (χ1) is 8.06. The van der Waals surface area contributed by atoms with E-state index >= 15 is 0 Å². The summed E-state index contributed by atoms with van der Waals surface area (Å²) in [5.74, 6) is 0.154. The standard InChI is InChI=1S/C12H19NO4/c1-8(14)10(13-11(15)16-2)9-3-6-17-12(7-9)4-5-12/h9-10H,3-7H2,1-2H3,(H,13,15). The Morgan fingerprint density at radius 2 is 2.18 bits per heavy atom. The van der Waals surface area contributed by atoms with Crippen molar-refractivity contribution >= 4 is 11.9 Å². The van der Waals surface area contributed by atoms with Crippen molar-refractivity contribution in [3.05, 3.63) is 0 Å². The Hall–Kier alpha value is -1.10. The van der Waals surface area contributed by atoms with Crippen LogP contribution in [0.3, 0.4) is 0 Å². The molecule has 17 heavy (non-hydrogen) atoms. The third-order valence-electron chi connectivity index (χ3n) is 3.71. The van der Waals surface area contributed by atoms with E-state index in [4.69, 9.17) is 4.74 Å². The van der Waals surface area contributed by atoms with Gasteiger partial charge in [-0.15, -0.1) is 0 Å². The predicted octanol–water partition coefficient (Wildman–Crippen LogP) is 1.26. The van der Waals surface area contributed by atoms with Crippen molar-refractivity contribution in [2.24, 2.45) is 5.92 Å². The minimum Gasteiger partial charge on any atom is -0.453 e. The van der Waals surface area contributed by atoms with Crippen LogP contribution in [0.4, 0.5) is 4.79 Å². The molecule has 2 aliphatic rings. The molecular weight excluding hydrogens is 222 g/mol. The van der Waals surface area contributed by atoms with Crippen molar-refractivity contribution in [1.29, 1.82) is 0 Å². The SMILES string of the molecule is COC(=O)NC(C(C)=O)C1CCOC2(CC2)C1. The van der Waals surface area contributed by atoms with Crippen LogP contribution in [-0.2, 0) is 14.3 Å². The first kappa shape index (κ1) is 12.4. The lowest BCUT2D eigenvalue weighted by atomic mass is 9.85. The fourth-order valence-corrected chi connectivity index (χ4v) is 2.58. The number of alkyl carbamates (subject to hydrolysis) is 1. The molecule has 2 atom stereocenters. The number of rotatable bonds is 3. The van der Waals surface area contributed by atoms with Crippen molar-refractivity contribution in [2.45, 2.75) is 44.2 Å². The van der Waals surface area contributed by atoms with Gasteiger partial charge >= 0.3 is 6.09 Å². The van der Waals surface area contributed by atoms with Gasteiger partial charge in [0.25, 0.3) is 0 Å². The molecule has 1 amide bonds. The largest absolute Gasteiger partial charge is 0.453 e. The molecule has 96 valence electrons. The summed E-state index contributed by atoms with van der Waals surface area (Å²) in [6.07, 6.45) is 3.29. The van der Waals surface area contributed by atoms with Crippen LogP contribution < -0.4 is 5.32 Å². The van der Waals surface area contributed by atoms with Gasteiger partial charge in [0.2, 0.25) is 0 Å². The average Bonchev–Trinajstić information content (AvgIpc) is 3.04. The molecule has 2 unspecified atom stereocenters. The highest BCUT2D eigenvalue weighted by molar-refractivity contribution is 5.85. The summed E-state index contributed by atoms with van der Waals surface area (Å²) >= 11 is 0. The van der Waals surface area contributed by atoms with Crippen LogP contribution >= 0.6 is 0 Å². The Labute approximate surface area is 101 Å². The third kappa shape index (κ3) is 2.77. The molecule has 1 saturated heterocycles. The summed E-state index contributed by atoms with van der Waals surface area (Å²) in [6, 6.07) is -0.441. The summed E-state index contributed by atoms with van der Waals surface area (Å²) in [4.78, 5) is 22.8. The summed E-state index contributed by atoms with van der Waals surface area (Å²) < 4.78 is 10.3. The van der Waals surface area contributed by atoms with Crippen molar-refractivity contribution in [3.8, 4) is 0 Å². The molecule has 1 N–H and O–H groups in total. The van der Waals surface area contributed by atoms with Crippen LogP contribution in [0.2, 0.25) is 0 Å². The second-order valence-corrected chi connectivity index (χ2v) is 5.01. The molecule has 2 fully saturated rings. The number of nitrogens with one attached hydrogen (secondary N) is 1. The monoisotopic (exact) mass is 241 g/mol. The number of ether oxygens (including phenoxy) is 2. The average molecular weight is 241 g/mol. The second kappa shape index (κ2) is 4.64. The van der Waals surface area contributed by atoms with E-state index in [9.17, 15) is 9.59 Å². The summed E-state index contributed by atoms with van der Waals surface area (Å²) in [5, 5.41) is 2.64. The van der Waals surface area contributed by atoms with E-state index < -0.39 is 12.1 Å². The lowest BCUT2D eigenvalue weighted by Crippen LogP contribution is -2.48. The maximum absolute atomic E-state index is 11.6. The maximum atomic E-state index is 11.6. The molecule has 0 aromatic carbocycles. The molecule has 1 saturated carbocycles. The van der Waals surface area contributed by atoms with Gasteiger partial charge in [-0.2, -0.15) is 0 Å². The van der Waals surface area contributed by atoms with E-state index in [1.807, 2.05) is 0 Å². The van der Waals surface area contributed by atoms with Gasteiger partial charge in [0.1, 0.15) is 0 Å². The van der Waals surface area contributed by atoms with E-state index in [-0.39, 0.29) is 17.3 Å². The fraction of sp³-hybridized carbons (Fsp3) is 0.833. The van der Waals surface area contributed by atoms with E-state index in [2.05, 4.69) is 10.1 Å². The number of carbonyl (C=O) groups is 2. The minimum absolute atomic E-state index is 0.00835.